The zero-order chi connectivity index (χ0) is 11.7. The van der Waals surface area contributed by atoms with E-state index in [2.05, 4.69) is 41.2 Å². The van der Waals surface area contributed by atoms with Gasteiger partial charge in [0.1, 0.15) is 5.75 Å². The summed E-state index contributed by atoms with van der Waals surface area (Å²) >= 11 is 3.59. The zero-order valence-corrected chi connectivity index (χ0v) is 11.6. The molecule has 0 radical (unpaired) electrons. The predicted molar refractivity (Wildman–Crippen MR) is 70.4 cm³/mol. The Labute approximate surface area is 106 Å². The van der Waals surface area contributed by atoms with Crippen LogP contribution in [0.25, 0.3) is 0 Å². The summed E-state index contributed by atoms with van der Waals surface area (Å²) in [4.78, 5) is 0. The average molecular weight is 284 g/mol. The predicted octanol–water partition coefficient (Wildman–Crippen LogP) is 3.15. The van der Waals surface area contributed by atoms with E-state index in [0.29, 0.717) is 5.92 Å². The Balaban J connectivity index is 2.54. The molecule has 0 amide bonds. The molecule has 0 bridgehead atoms. The first-order chi connectivity index (χ1) is 7.65. The maximum absolute atomic E-state index is 5.55. The molecule has 1 unspecified atom stereocenters. The third kappa shape index (κ3) is 1.98. The van der Waals surface area contributed by atoms with Crippen LogP contribution in [0.2, 0.25) is 0 Å². The summed E-state index contributed by atoms with van der Waals surface area (Å²) in [5.41, 5.74) is 4.07. The smallest absolute Gasteiger partial charge is 0.136 e. The number of nitrogens with one attached hydrogen (secondary N) is 1. The molecular formula is C13H18BrNO. The summed E-state index contributed by atoms with van der Waals surface area (Å²) in [5, 5.41) is 3.42. The van der Waals surface area contributed by atoms with Crippen LogP contribution in [-0.4, -0.2) is 20.2 Å². The summed E-state index contributed by atoms with van der Waals surface area (Å²) < 4.78 is 6.62. The maximum atomic E-state index is 5.55. The lowest BCUT2D eigenvalue weighted by Crippen LogP contribution is -2.10. The minimum Gasteiger partial charge on any atom is -0.495 e. The second-order valence-corrected chi connectivity index (χ2v) is 5.29. The molecule has 0 spiro atoms. The van der Waals surface area contributed by atoms with E-state index in [9.17, 15) is 0 Å². The highest BCUT2D eigenvalue weighted by molar-refractivity contribution is 9.10. The van der Waals surface area contributed by atoms with Gasteiger partial charge in [0, 0.05) is 18.0 Å². The van der Waals surface area contributed by atoms with E-state index < -0.39 is 0 Å². The average Bonchev–Trinajstić information content (AvgIpc) is 2.76. The van der Waals surface area contributed by atoms with Gasteiger partial charge >= 0.3 is 0 Å². The molecule has 2 nitrogen and oxygen atoms in total. The van der Waals surface area contributed by atoms with E-state index in [1.54, 1.807) is 7.11 Å². The van der Waals surface area contributed by atoms with Gasteiger partial charge in [-0.1, -0.05) is 0 Å². The normalized spacial score (nSPS) is 20.1. The second-order valence-electron chi connectivity index (χ2n) is 4.44. The van der Waals surface area contributed by atoms with E-state index in [-0.39, 0.29) is 0 Å². The molecule has 1 fully saturated rings. The number of ether oxygens (including phenoxy) is 1. The molecule has 0 aliphatic carbocycles. The molecular weight excluding hydrogens is 266 g/mol. The lowest BCUT2D eigenvalue weighted by Gasteiger charge is -2.20. The second kappa shape index (κ2) is 4.76. The Bertz CT molecular complexity index is 397. The molecule has 0 saturated carbocycles. The van der Waals surface area contributed by atoms with Gasteiger partial charge in [-0.3, -0.25) is 0 Å². The van der Waals surface area contributed by atoms with Gasteiger partial charge < -0.3 is 10.1 Å². The van der Waals surface area contributed by atoms with Crippen molar-refractivity contribution in [3.63, 3.8) is 0 Å². The first-order valence-electron chi connectivity index (χ1n) is 5.69. The van der Waals surface area contributed by atoms with Crippen molar-refractivity contribution in [3.8, 4) is 5.75 Å². The molecule has 1 saturated heterocycles. The van der Waals surface area contributed by atoms with E-state index in [1.165, 1.54) is 23.1 Å². The molecule has 1 atom stereocenters. The van der Waals surface area contributed by atoms with Gasteiger partial charge in [-0.2, -0.15) is 0 Å². The monoisotopic (exact) mass is 283 g/mol. The Morgan fingerprint density at radius 1 is 1.44 bits per heavy atom. The van der Waals surface area contributed by atoms with E-state index in [0.717, 1.165) is 23.3 Å². The Morgan fingerprint density at radius 3 is 2.75 bits per heavy atom. The van der Waals surface area contributed by atoms with Crippen molar-refractivity contribution in [1.82, 2.24) is 5.32 Å². The van der Waals surface area contributed by atoms with Gasteiger partial charge in [0.2, 0.25) is 0 Å². The fourth-order valence-electron chi connectivity index (χ4n) is 2.48. The lowest BCUT2D eigenvalue weighted by atomic mass is 9.90. The molecule has 1 aliphatic rings. The highest BCUT2D eigenvalue weighted by atomic mass is 79.9. The standard InChI is InChI=1S/C13H18BrNO/c1-8-6-11(14)13(16-3)12(9(8)2)10-4-5-15-7-10/h6,10,15H,4-5,7H2,1-3H3. The highest BCUT2D eigenvalue weighted by Crippen LogP contribution is 2.40. The van der Waals surface area contributed by atoms with Crippen LogP contribution < -0.4 is 10.1 Å². The molecule has 88 valence electrons. The van der Waals surface area contributed by atoms with Crippen LogP contribution in [0, 0.1) is 13.8 Å². The van der Waals surface area contributed by atoms with Crippen LogP contribution >= 0.6 is 15.9 Å². The van der Waals surface area contributed by atoms with E-state index >= 15 is 0 Å². The SMILES string of the molecule is COc1c(Br)cc(C)c(C)c1C1CCNC1. The van der Waals surface area contributed by atoms with Gasteiger partial charge in [0.25, 0.3) is 0 Å². The van der Waals surface area contributed by atoms with Gasteiger partial charge in [-0.25, -0.2) is 0 Å². The third-order valence-electron chi connectivity index (χ3n) is 3.47. The number of aryl methyl sites for hydroxylation is 1. The van der Waals surface area contributed by atoms with Crippen molar-refractivity contribution in [3.05, 3.63) is 27.2 Å². The largest absolute Gasteiger partial charge is 0.495 e. The van der Waals surface area contributed by atoms with Crippen LogP contribution in [0.5, 0.6) is 5.75 Å². The molecule has 2 rings (SSSR count). The summed E-state index contributed by atoms with van der Waals surface area (Å²) in [6.45, 7) is 6.52. The molecule has 1 aromatic rings. The number of methoxy groups -OCH3 is 1. The van der Waals surface area contributed by atoms with Crippen molar-refractivity contribution in [2.75, 3.05) is 20.2 Å². The lowest BCUT2D eigenvalue weighted by molar-refractivity contribution is 0.403. The van der Waals surface area contributed by atoms with Crippen molar-refractivity contribution in [1.29, 1.82) is 0 Å². The van der Waals surface area contributed by atoms with Crippen molar-refractivity contribution >= 4 is 15.9 Å². The van der Waals surface area contributed by atoms with E-state index in [1.807, 2.05) is 0 Å². The third-order valence-corrected chi connectivity index (χ3v) is 4.06. The van der Waals surface area contributed by atoms with Crippen molar-refractivity contribution in [2.45, 2.75) is 26.2 Å². The summed E-state index contributed by atoms with van der Waals surface area (Å²) in [6, 6.07) is 2.14. The molecule has 1 aromatic carbocycles. The number of hydrogen-bond acceptors (Lipinski definition) is 2. The van der Waals surface area contributed by atoms with Gasteiger partial charge in [0.05, 0.1) is 11.6 Å². The summed E-state index contributed by atoms with van der Waals surface area (Å²) in [7, 11) is 1.75. The first-order valence-corrected chi connectivity index (χ1v) is 6.48. The van der Waals surface area contributed by atoms with Crippen LogP contribution in [-0.2, 0) is 0 Å². The van der Waals surface area contributed by atoms with E-state index in [4.69, 9.17) is 4.74 Å². The molecule has 0 aromatic heterocycles. The summed E-state index contributed by atoms with van der Waals surface area (Å²) in [6.07, 6.45) is 1.20. The van der Waals surface area contributed by atoms with Crippen molar-refractivity contribution in [2.24, 2.45) is 0 Å². The van der Waals surface area contributed by atoms with Crippen molar-refractivity contribution < 1.29 is 4.74 Å². The summed E-state index contributed by atoms with van der Waals surface area (Å²) in [5.74, 6) is 1.60. The zero-order valence-electron chi connectivity index (χ0n) is 10.1. The van der Waals surface area contributed by atoms with Crippen LogP contribution in [0.4, 0.5) is 0 Å². The molecule has 1 N–H and O–H groups in total. The minimum absolute atomic E-state index is 0.589. The highest BCUT2D eigenvalue weighted by Gasteiger charge is 2.24. The van der Waals surface area contributed by atoms with Crippen LogP contribution in [0.3, 0.4) is 0 Å². The van der Waals surface area contributed by atoms with Gasteiger partial charge in [0.15, 0.2) is 0 Å². The topological polar surface area (TPSA) is 21.3 Å². The number of benzene rings is 1. The molecule has 3 heteroatoms. The van der Waals surface area contributed by atoms with Gasteiger partial charge in [-0.05, 0) is 59.9 Å². The van der Waals surface area contributed by atoms with Gasteiger partial charge in [-0.15, -0.1) is 0 Å². The molecule has 16 heavy (non-hydrogen) atoms. The molecule has 1 heterocycles. The Kier molecular flexibility index (Phi) is 3.55. The van der Waals surface area contributed by atoms with Crippen LogP contribution in [0.1, 0.15) is 29.0 Å². The fourth-order valence-corrected chi connectivity index (χ4v) is 3.19. The quantitative estimate of drug-likeness (QED) is 0.900. The first kappa shape index (κ1) is 11.9. The van der Waals surface area contributed by atoms with Crippen LogP contribution in [0.15, 0.2) is 10.5 Å². The Morgan fingerprint density at radius 2 is 2.19 bits per heavy atom. The molecule has 1 aliphatic heterocycles. The Hall–Kier alpha value is -0.540. The number of rotatable bonds is 2. The minimum atomic E-state index is 0.589. The number of halogens is 1. The fraction of sp³-hybridized carbons (Fsp3) is 0.538. The maximum Gasteiger partial charge on any atom is 0.136 e. The number of hydrogen-bond donors (Lipinski definition) is 1.